The molecule has 0 atom stereocenters. The van der Waals surface area contributed by atoms with E-state index in [0.29, 0.717) is 11.3 Å². The molecule has 0 bridgehead atoms. The van der Waals surface area contributed by atoms with Gasteiger partial charge in [-0.05, 0) is 25.1 Å². The van der Waals surface area contributed by atoms with E-state index in [-0.39, 0.29) is 5.91 Å². The zero-order valence-corrected chi connectivity index (χ0v) is 10.5. The number of nitrogens with zero attached hydrogens (tertiary/aromatic N) is 1. The number of fused-ring (bicyclic) bond motifs is 1. The molecule has 0 spiro atoms. The van der Waals surface area contributed by atoms with Crippen LogP contribution in [0.2, 0.25) is 0 Å². The molecule has 5 nitrogen and oxygen atoms in total. The fourth-order valence-electron chi connectivity index (χ4n) is 1.75. The second kappa shape index (κ2) is 5.01. The molecule has 5 heteroatoms. The Bertz CT molecular complexity index is 596. The summed E-state index contributed by atoms with van der Waals surface area (Å²) in [6.07, 6.45) is 0. The number of carbonyl (C=O) groups is 1. The predicted octanol–water partition coefficient (Wildman–Crippen LogP) is 1.84. The number of pyridine rings is 1. The molecule has 94 valence electrons. The van der Waals surface area contributed by atoms with Crippen molar-refractivity contribution >= 4 is 16.8 Å². The number of hydrogen-bond donors (Lipinski definition) is 1. The predicted molar refractivity (Wildman–Crippen MR) is 67.5 cm³/mol. The molecule has 1 heterocycles. The summed E-state index contributed by atoms with van der Waals surface area (Å²) >= 11 is 0. The lowest BCUT2D eigenvalue weighted by molar-refractivity contribution is 0.0536. The second-order valence-corrected chi connectivity index (χ2v) is 3.82. The Kier molecular flexibility index (Phi) is 3.43. The molecule has 0 fully saturated rings. The third-order valence-electron chi connectivity index (χ3n) is 2.65. The molecule has 0 aliphatic carbocycles. The van der Waals surface area contributed by atoms with Crippen molar-refractivity contribution < 1.29 is 14.4 Å². The average molecular weight is 246 g/mol. The Hall–Kier alpha value is -2.14. The molecule has 1 aromatic carbocycles. The maximum Gasteiger partial charge on any atom is 0.276 e. The van der Waals surface area contributed by atoms with Crippen molar-refractivity contribution in [2.24, 2.45) is 0 Å². The third-order valence-corrected chi connectivity index (χ3v) is 2.65. The number of hydrogen-bond acceptors (Lipinski definition) is 4. The molecule has 1 amide bonds. The standard InChI is InChI=1S/C13H14N2O3/c1-8-11(13(16)15-18-3)6-9-4-5-10(17-2)7-12(9)14-8/h4-7H,1-3H3,(H,15,16). The molecule has 1 aromatic heterocycles. The van der Waals surface area contributed by atoms with Gasteiger partial charge < -0.3 is 4.74 Å². The van der Waals surface area contributed by atoms with Crippen LogP contribution in [0.4, 0.5) is 0 Å². The van der Waals surface area contributed by atoms with E-state index in [0.717, 1.165) is 16.7 Å². The van der Waals surface area contributed by atoms with Crippen molar-refractivity contribution in [1.82, 2.24) is 10.5 Å². The number of ether oxygens (including phenoxy) is 1. The van der Waals surface area contributed by atoms with E-state index < -0.39 is 0 Å². The molecule has 0 aliphatic heterocycles. The van der Waals surface area contributed by atoms with Crippen LogP contribution in [-0.2, 0) is 4.84 Å². The average Bonchev–Trinajstić information content (AvgIpc) is 2.37. The van der Waals surface area contributed by atoms with E-state index in [4.69, 9.17) is 4.74 Å². The monoisotopic (exact) mass is 246 g/mol. The number of hydroxylamine groups is 1. The van der Waals surface area contributed by atoms with E-state index >= 15 is 0 Å². The van der Waals surface area contributed by atoms with Gasteiger partial charge in [0.1, 0.15) is 5.75 Å². The summed E-state index contributed by atoms with van der Waals surface area (Å²) in [5, 5.41) is 0.877. The fourth-order valence-corrected chi connectivity index (χ4v) is 1.75. The number of carbonyl (C=O) groups excluding carboxylic acids is 1. The van der Waals surface area contributed by atoms with Crippen LogP contribution in [0.5, 0.6) is 5.75 Å². The SMILES string of the molecule is CONC(=O)c1cc2ccc(OC)cc2nc1C. The Balaban J connectivity index is 2.52. The van der Waals surface area contributed by atoms with Gasteiger partial charge in [-0.2, -0.15) is 0 Å². The number of benzene rings is 1. The van der Waals surface area contributed by atoms with Crippen LogP contribution in [0.1, 0.15) is 16.1 Å². The third kappa shape index (κ3) is 2.26. The van der Waals surface area contributed by atoms with Crippen LogP contribution in [0.25, 0.3) is 10.9 Å². The van der Waals surface area contributed by atoms with Gasteiger partial charge in [-0.25, -0.2) is 5.48 Å². The molecule has 0 radical (unpaired) electrons. The lowest BCUT2D eigenvalue weighted by atomic mass is 10.1. The number of methoxy groups -OCH3 is 1. The largest absolute Gasteiger partial charge is 0.497 e. The second-order valence-electron chi connectivity index (χ2n) is 3.82. The fraction of sp³-hybridized carbons (Fsp3) is 0.231. The Morgan fingerprint density at radius 2 is 2.06 bits per heavy atom. The number of rotatable bonds is 3. The maximum absolute atomic E-state index is 11.7. The molecule has 2 aromatic rings. The van der Waals surface area contributed by atoms with Crippen LogP contribution in [-0.4, -0.2) is 25.1 Å². The van der Waals surface area contributed by atoms with Crippen LogP contribution in [0.3, 0.4) is 0 Å². The molecule has 0 saturated carbocycles. The number of aromatic nitrogens is 1. The van der Waals surface area contributed by atoms with Crippen molar-refractivity contribution in [2.45, 2.75) is 6.92 Å². The summed E-state index contributed by atoms with van der Waals surface area (Å²) in [5.41, 5.74) is 4.22. The molecule has 0 unspecified atom stereocenters. The van der Waals surface area contributed by atoms with E-state index in [2.05, 4.69) is 15.3 Å². The highest BCUT2D eigenvalue weighted by Gasteiger charge is 2.11. The number of amides is 1. The summed E-state index contributed by atoms with van der Waals surface area (Å²) < 4.78 is 5.14. The highest BCUT2D eigenvalue weighted by atomic mass is 16.6. The topological polar surface area (TPSA) is 60.5 Å². The Labute approximate surface area is 105 Å². The van der Waals surface area contributed by atoms with Crippen LogP contribution >= 0.6 is 0 Å². The van der Waals surface area contributed by atoms with Gasteiger partial charge in [0, 0.05) is 11.5 Å². The van der Waals surface area contributed by atoms with E-state index in [1.54, 1.807) is 20.1 Å². The van der Waals surface area contributed by atoms with Crippen LogP contribution in [0.15, 0.2) is 24.3 Å². The van der Waals surface area contributed by atoms with Crippen LogP contribution in [0, 0.1) is 6.92 Å². The minimum Gasteiger partial charge on any atom is -0.497 e. The zero-order valence-electron chi connectivity index (χ0n) is 10.5. The normalized spacial score (nSPS) is 10.4. The highest BCUT2D eigenvalue weighted by molar-refractivity contribution is 5.98. The Morgan fingerprint density at radius 1 is 1.28 bits per heavy atom. The molecular formula is C13H14N2O3. The van der Waals surface area contributed by atoms with E-state index in [9.17, 15) is 4.79 Å². The summed E-state index contributed by atoms with van der Waals surface area (Å²) in [7, 11) is 3.00. The molecule has 2 rings (SSSR count). The van der Waals surface area contributed by atoms with Gasteiger partial charge >= 0.3 is 0 Å². The quantitative estimate of drug-likeness (QED) is 0.839. The Morgan fingerprint density at radius 3 is 2.72 bits per heavy atom. The lowest BCUT2D eigenvalue weighted by Crippen LogP contribution is -2.23. The van der Waals surface area contributed by atoms with Gasteiger partial charge in [-0.3, -0.25) is 14.6 Å². The molecule has 0 aliphatic rings. The van der Waals surface area contributed by atoms with Gasteiger partial charge in [0.2, 0.25) is 0 Å². The number of nitrogens with one attached hydrogen (secondary N) is 1. The molecule has 0 saturated heterocycles. The van der Waals surface area contributed by atoms with Gasteiger partial charge in [-0.1, -0.05) is 0 Å². The zero-order chi connectivity index (χ0) is 13.1. The summed E-state index contributed by atoms with van der Waals surface area (Å²) in [6.45, 7) is 1.78. The number of aryl methyl sites for hydroxylation is 1. The first-order chi connectivity index (χ1) is 8.65. The van der Waals surface area contributed by atoms with Gasteiger partial charge in [0.15, 0.2) is 0 Å². The lowest BCUT2D eigenvalue weighted by Gasteiger charge is -2.08. The van der Waals surface area contributed by atoms with Crippen molar-refractivity contribution in [3.8, 4) is 5.75 Å². The van der Waals surface area contributed by atoms with Gasteiger partial charge in [0.05, 0.1) is 31.0 Å². The van der Waals surface area contributed by atoms with Gasteiger partial charge in [-0.15, -0.1) is 0 Å². The van der Waals surface area contributed by atoms with Crippen molar-refractivity contribution in [1.29, 1.82) is 0 Å². The summed E-state index contributed by atoms with van der Waals surface area (Å²) in [5.74, 6) is 0.434. The van der Waals surface area contributed by atoms with Gasteiger partial charge in [0.25, 0.3) is 5.91 Å². The van der Waals surface area contributed by atoms with Crippen molar-refractivity contribution in [2.75, 3.05) is 14.2 Å². The van der Waals surface area contributed by atoms with Crippen LogP contribution < -0.4 is 10.2 Å². The molecule has 1 N–H and O–H groups in total. The first-order valence-corrected chi connectivity index (χ1v) is 5.44. The van der Waals surface area contributed by atoms with E-state index in [1.165, 1.54) is 7.11 Å². The minimum absolute atomic E-state index is 0.305. The maximum atomic E-state index is 11.7. The summed E-state index contributed by atoms with van der Waals surface area (Å²) in [6, 6.07) is 7.31. The first kappa shape index (κ1) is 12.3. The van der Waals surface area contributed by atoms with Crippen molar-refractivity contribution in [3.05, 3.63) is 35.5 Å². The highest BCUT2D eigenvalue weighted by Crippen LogP contribution is 2.21. The smallest absolute Gasteiger partial charge is 0.276 e. The minimum atomic E-state index is -0.305. The first-order valence-electron chi connectivity index (χ1n) is 5.44. The van der Waals surface area contributed by atoms with E-state index in [1.807, 2.05) is 18.2 Å². The molecular weight excluding hydrogens is 232 g/mol. The molecule has 18 heavy (non-hydrogen) atoms. The van der Waals surface area contributed by atoms with Crippen molar-refractivity contribution in [3.63, 3.8) is 0 Å². The summed E-state index contributed by atoms with van der Waals surface area (Å²) in [4.78, 5) is 20.7.